The molecule has 2 unspecified atom stereocenters. The zero-order valence-electron chi connectivity index (χ0n) is 48.4. The maximum atomic E-state index is 2.35. The van der Waals surface area contributed by atoms with Crippen molar-refractivity contribution in [3.63, 3.8) is 0 Å². The summed E-state index contributed by atoms with van der Waals surface area (Å²) in [7, 11) is 0. The average Bonchev–Trinajstić information content (AvgIpc) is 3.10. The minimum atomic E-state index is 0.480. The van der Waals surface area contributed by atoms with E-state index < -0.39 is 0 Å². The highest BCUT2D eigenvalue weighted by atomic mass is 14.3. The van der Waals surface area contributed by atoms with E-state index in [9.17, 15) is 0 Å². The fourth-order valence-electron chi connectivity index (χ4n) is 3.23. The van der Waals surface area contributed by atoms with E-state index in [-0.39, 0.29) is 0 Å². The molecule has 360 valence electrons. The zero-order chi connectivity index (χ0) is 48.4. The van der Waals surface area contributed by atoms with Crippen LogP contribution in [0.15, 0.2) is 0 Å². The molecule has 0 saturated heterocycles. The van der Waals surface area contributed by atoms with Crippen LogP contribution in [0.25, 0.3) is 0 Å². The lowest BCUT2D eigenvalue weighted by atomic mass is 9.76. The molecule has 0 aliphatic rings. The predicted molar refractivity (Wildman–Crippen MR) is 281 cm³/mol. The van der Waals surface area contributed by atoms with Gasteiger partial charge in [0, 0.05) is 0 Å². The Kier molecular flexibility index (Phi) is 66.2. The monoisotopic (exact) mass is 817 g/mol. The molecule has 57 heavy (non-hydrogen) atoms. The van der Waals surface area contributed by atoms with Crippen LogP contribution in [-0.2, 0) is 0 Å². The van der Waals surface area contributed by atoms with E-state index in [2.05, 4.69) is 235 Å². The third-order valence-corrected chi connectivity index (χ3v) is 12.6. The Hall–Kier alpha value is 0. The summed E-state index contributed by atoms with van der Waals surface area (Å²) in [6.45, 7) is 76.7. The average molecular weight is 818 g/mol. The molecule has 2 atom stereocenters. The minimum absolute atomic E-state index is 0.480. The highest BCUT2D eigenvalue weighted by Crippen LogP contribution is 2.31. The van der Waals surface area contributed by atoms with Gasteiger partial charge in [-0.1, -0.05) is 306 Å². The smallest absolute Gasteiger partial charge is 0.0334 e. The number of hydrogen-bond acceptors (Lipinski definition) is 0. The molecule has 0 heterocycles. The highest BCUT2D eigenvalue weighted by molar-refractivity contribution is 4.72. The summed E-state index contributed by atoms with van der Waals surface area (Å²) in [5.41, 5.74) is 2.11. The van der Waals surface area contributed by atoms with Crippen molar-refractivity contribution in [1.82, 2.24) is 0 Å². The molecule has 0 fully saturated rings. The lowest BCUT2D eigenvalue weighted by Crippen LogP contribution is -2.21. The van der Waals surface area contributed by atoms with Gasteiger partial charge in [0.25, 0.3) is 0 Å². The molecule has 0 aromatic heterocycles. The second-order valence-electron chi connectivity index (χ2n) is 22.9. The van der Waals surface area contributed by atoms with Crippen LogP contribution >= 0.6 is 0 Å². The summed E-state index contributed by atoms with van der Waals surface area (Å²) in [5, 5.41) is 0. The van der Waals surface area contributed by atoms with Gasteiger partial charge in [-0.3, -0.25) is 0 Å². The van der Waals surface area contributed by atoms with Crippen molar-refractivity contribution < 1.29 is 0 Å². The Bertz CT molecular complexity index is 629. The van der Waals surface area contributed by atoms with Gasteiger partial charge in [0.05, 0.1) is 0 Å². The predicted octanol–water partition coefficient (Wildman–Crippen LogP) is 22.7. The first-order valence-electron chi connectivity index (χ1n) is 25.5. The van der Waals surface area contributed by atoms with Gasteiger partial charge in [-0.25, -0.2) is 0 Å². The molecule has 0 radical (unpaired) electrons. The molecular formula is C57H132. The first kappa shape index (κ1) is 77.6. The highest BCUT2D eigenvalue weighted by Gasteiger charge is 2.22. The summed E-state index contributed by atoms with van der Waals surface area (Å²) in [6.07, 6.45) is 14.5. The topological polar surface area (TPSA) is 0 Å². The Morgan fingerprint density at radius 1 is 0.351 bits per heavy atom. The van der Waals surface area contributed by atoms with Gasteiger partial charge >= 0.3 is 0 Å². The standard InChI is InChI=1S/C9H20.2C8H18.C7H16.2C6H14.2C5H12.C3H8/c1-7(2)8(3)9(4,5)6;1-6-7(2)8(3,4)5;1-5-8(4,6-2)7-3;1-6(2)7(3,4)5;1-4-5-6(2)3;1-4-6(3)5-2;2*1-4-5(2)3;1-3-2/h7-8H,1-6H3;7H,6H2,1-5H3;5-7H2,1-4H3;6H,1-5H3;2*6H,4-5H2,1-3H3;2*5H,4H2,1-3H3;3H2,1-2H3. The SMILES string of the molecule is CC(C)C(C)(C)C.CC(C)C(C)C(C)(C)C.CCC.CCC(C)(CC)CC.CCC(C)C.CCC(C)C.CCC(C)C(C)(C)C.CCC(C)CC.CCCC(C)C. The lowest BCUT2D eigenvalue weighted by Gasteiger charge is -2.30. The van der Waals surface area contributed by atoms with Gasteiger partial charge in [-0.05, 0) is 69.0 Å². The van der Waals surface area contributed by atoms with E-state index in [4.69, 9.17) is 0 Å². The first-order valence-corrected chi connectivity index (χ1v) is 25.5. The molecule has 0 spiro atoms. The van der Waals surface area contributed by atoms with Crippen molar-refractivity contribution in [1.29, 1.82) is 0 Å². The quantitative estimate of drug-likeness (QED) is 0.195. The molecule has 0 rings (SSSR count). The Balaban J connectivity index is -0.0000000658. The van der Waals surface area contributed by atoms with E-state index >= 15 is 0 Å². The Morgan fingerprint density at radius 2 is 0.614 bits per heavy atom. The van der Waals surface area contributed by atoms with Crippen LogP contribution < -0.4 is 0 Å². The summed E-state index contributed by atoms with van der Waals surface area (Å²) >= 11 is 0. The molecule has 0 heteroatoms. The van der Waals surface area contributed by atoms with Gasteiger partial charge < -0.3 is 0 Å². The molecule has 0 nitrogen and oxygen atoms in total. The zero-order valence-corrected chi connectivity index (χ0v) is 48.4. The van der Waals surface area contributed by atoms with E-state index in [0.29, 0.717) is 21.7 Å². The van der Waals surface area contributed by atoms with Crippen molar-refractivity contribution >= 4 is 0 Å². The molecule has 0 amide bonds. The molecular weight excluding hydrogens is 685 g/mol. The van der Waals surface area contributed by atoms with Crippen LogP contribution in [0.2, 0.25) is 0 Å². The normalized spacial score (nSPS) is 12.2. The summed E-state index contributed by atoms with van der Waals surface area (Å²) in [4.78, 5) is 0. The molecule has 0 saturated carbocycles. The lowest BCUT2D eigenvalue weighted by molar-refractivity contribution is 0.199. The largest absolute Gasteiger partial charge is 0.0656 e. The molecule has 0 aromatic rings. The summed E-state index contributed by atoms with van der Waals surface area (Å²) < 4.78 is 0. The van der Waals surface area contributed by atoms with Crippen molar-refractivity contribution in [2.75, 3.05) is 0 Å². The van der Waals surface area contributed by atoms with E-state index in [1.54, 1.807) is 0 Å². The van der Waals surface area contributed by atoms with Crippen molar-refractivity contribution in [2.45, 2.75) is 306 Å². The fourth-order valence-corrected chi connectivity index (χ4v) is 3.23. The summed E-state index contributed by atoms with van der Waals surface area (Å²) in [5.74, 6) is 6.88. The second kappa shape index (κ2) is 48.7. The molecule has 0 aliphatic heterocycles. The molecule has 0 aliphatic carbocycles. The van der Waals surface area contributed by atoms with Gasteiger partial charge in [0.1, 0.15) is 0 Å². The third kappa shape index (κ3) is 84.3. The van der Waals surface area contributed by atoms with E-state index in [1.165, 1.54) is 70.6 Å². The van der Waals surface area contributed by atoms with Gasteiger partial charge in [-0.2, -0.15) is 0 Å². The van der Waals surface area contributed by atoms with Crippen LogP contribution in [0.5, 0.6) is 0 Å². The van der Waals surface area contributed by atoms with Crippen molar-refractivity contribution in [3.05, 3.63) is 0 Å². The van der Waals surface area contributed by atoms with Gasteiger partial charge in [0.2, 0.25) is 0 Å². The third-order valence-electron chi connectivity index (χ3n) is 12.6. The number of hydrogen-bond donors (Lipinski definition) is 0. The second-order valence-corrected chi connectivity index (χ2v) is 22.9. The minimum Gasteiger partial charge on any atom is -0.0656 e. The van der Waals surface area contributed by atoms with Gasteiger partial charge in [-0.15, -0.1) is 0 Å². The van der Waals surface area contributed by atoms with Crippen LogP contribution in [-0.4, -0.2) is 0 Å². The number of rotatable bonds is 11. The van der Waals surface area contributed by atoms with Crippen LogP contribution in [0.3, 0.4) is 0 Å². The fraction of sp³-hybridized carbons (Fsp3) is 1.00. The molecule has 0 bridgehead atoms. The maximum Gasteiger partial charge on any atom is -0.0334 e. The van der Waals surface area contributed by atoms with Crippen LogP contribution in [0, 0.1) is 69.0 Å². The first-order chi connectivity index (χ1) is 25.5. The summed E-state index contributed by atoms with van der Waals surface area (Å²) in [6, 6.07) is 0. The molecule has 0 N–H and O–H groups in total. The van der Waals surface area contributed by atoms with Crippen molar-refractivity contribution in [3.8, 4) is 0 Å². The van der Waals surface area contributed by atoms with Crippen molar-refractivity contribution in [2.24, 2.45) is 69.0 Å². The Labute approximate surface area is 373 Å². The van der Waals surface area contributed by atoms with Gasteiger partial charge in [0.15, 0.2) is 0 Å². The Morgan fingerprint density at radius 3 is 0.614 bits per heavy atom. The molecule has 0 aromatic carbocycles. The van der Waals surface area contributed by atoms with E-state index in [0.717, 1.165) is 47.3 Å². The van der Waals surface area contributed by atoms with Crippen LogP contribution in [0.4, 0.5) is 0 Å². The van der Waals surface area contributed by atoms with Crippen LogP contribution in [0.1, 0.15) is 306 Å². The maximum absolute atomic E-state index is 2.35. The van der Waals surface area contributed by atoms with E-state index in [1.807, 2.05) is 0 Å².